The molecule has 0 saturated heterocycles. The molecule has 29 heavy (non-hydrogen) atoms. The van der Waals surface area contributed by atoms with E-state index in [0.29, 0.717) is 29.4 Å². The first-order valence-electron chi connectivity index (χ1n) is 9.10. The lowest BCUT2D eigenvalue weighted by Crippen LogP contribution is -2.35. The van der Waals surface area contributed by atoms with E-state index in [4.69, 9.17) is 11.6 Å². The van der Waals surface area contributed by atoms with Crippen LogP contribution < -0.4 is 10.2 Å². The Morgan fingerprint density at radius 1 is 1.07 bits per heavy atom. The van der Waals surface area contributed by atoms with E-state index in [1.807, 2.05) is 36.4 Å². The largest absolute Gasteiger partial charge is 0.348 e. The van der Waals surface area contributed by atoms with Gasteiger partial charge in [-0.25, -0.2) is 4.98 Å². The second-order valence-corrected chi connectivity index (χ2v) is 8.00. The number of aromatic nitrogens is 1. The molecule has 1 aromatic heterocycles. The normalized spacial score (nSPS) is 13.1. The predicted octanol–water partition coefficient (Wildman–Crippen LogP) is 4.30. The Morgan fingerprint density at radius 2 is 1.79 bits per heavy atom. The fourth-order valence-corrected chi connectivity index (χ4v) is 4.05. The number of fused-ring (bicyclic) bond motifs is 1. The van der Waals surface area contributed by atoms with Crippen molar-refractivity contribution in [2.75, 3.05) is 10.7 Å². The van der Waals surface area contributed by atoms with Gasteiger partial charge >= 0.3 is 0 Å². The van der Waals surface area contributed by atoms with Gasteiger partial charge in [0.25, 0.3) is 5.91 Å². The van der Waals surface area contributed by atoms with Crippen LogP contribution in [-0.2, 0) is 17.9 Å². The van der Waals surface area contributed by atoms with E-state index in [2.05, 4.69) is 10.3 Å². The summed E-state index contributed by atoms with van der Waals surface area (Å²) in [4.78, 5) is 30.9. The number of hydrogen-bond acceptors (Lipinski definition) is 4. The number of amides is 2. The van der Waals surface area contributed by atoms with Crippen LogP contribution in [-0.4, -0.2) is 22.6 Å². The van der Waals surface area contributed by atoms with Crippen molar-refractivity contribution in [3.63, 3.8) is 0 Å². The highest BCUT2D eigenvalue weighted by molar-refractivity contribution is 8.00. The van der Waals surface area contributed by atoms with Crippen LogP contribution in [0, 0.1) is 0 Å². The van der Waals surface area contributed by atoms with Crippen LogP contribution in [0.4, 0.5) is 5.69 Å². The first-order valence-corrected chi connectivity index (χ1v) is 10.5. The summed E-state index contributed by atoms with van der Waals surface area (Å²) in [6.07, 6.45) is 1.73. The Balaban J connectivity index is 1.41. The van der Waals surface area contributed by atoms with E-state index in [1.165, 1.54) is 11.8 Å². The zero-order chi connectivity index (χ0) is 20.2. The SMILES string of the molecule is O=C(NCc1ccc(Cl)cc1)c1ccc(CN2C(=O)CSc3ncccc32)cc1. The maximum absolute atomic E-state index is 12.4. The second kappa shape index (κ2) is 8.68. The number of anilines is 1. The molecule has 2 amide bonds. The number of halogens is 1. The fraction of sp³-hybridized carbons (Fsp3) is 0.136. The van der Waals surface area contributed by atoms with Crippen LogP contribution in [0.25, 0.3) is 0 Å². The van der Waals surface area contributed by atoms with Gasteiger partial charge in [0.15, 0.2) is 0 Å². The molecule has 0 radical (unpaired) electrons. The number of rotatable bonds is 5. The van der Waals surface area contributed by atoms with Crippen molar-refractivity contribution >= 4 is 40.9 Å². The molecule has 3 aromatic rings. The predicted molar refractivity (Wildman–Crippen MR) is 115 cm³/mol. The number of carbonyl (C=O) groups excluding carboxylic acids is 2. The van der Waals surface area contributed by atoms with Crippen molar-refractivity contribution in [1.29, 1.82) is 0 Å². The van der Waals surface area contributed by atoms with Crippen LogP contribution in [0.3, 0.4) is 0 Å². The molecule has 1 N–H and O–H groups in total. The van der Waals surface area contributed by atoms with E-state index in [-0.39, 0.29) is 11.8 Å². The highest BCUT2D eigenvalue weighted by Crippen LogP contribution is 2.34. The van der Waals surface area contributed by atoms with Crippen molar-refractivity contribution < 1.29 is 9.59 Å². The van der Waals surface area contributed by atoms with Gasteiger partial charge in [-0.1, -0.05) is 47.6 Å². The van der Waals surface area contributed by atoms with Gasteiger partial charge in [-0.05, 0) is 47.5 Å². The number of hydrogen-bond donors (Lipinski definition) is 1. The fourth-order valence-electron chi connectivity index (χ4n) is 3.05. The molecule has 7 heteroatoms. The lowest BCUT2D eigenvalue weighted by Gasteiger charge is -2.28. The van der Waals surface area contributed by atoms with Crippen LogP contribution >= 0.6 is 23.4 Å². The van der Waals surface area contributed by atoms with Gasteiger partial charge in [0, 0.05) is 23.3 Å². The van der Waals surface area contributed by atoms with Crippen molar-refractivity contribution in [2.24, 2.45) is 0 Å². The summed E-state index contributed by atoms with van der Waals surface area (Å²) < 4.78 is 0. The summed E-state index contributed by atoms with van der Waals surface area (Å²) in [5.41, 5.74) is 3.34. The number of benzene rings is 2. The van der Waals surface area contributed by atoms with E-state index in [9.17, 15) is 9.59 Å². The quantitative estimate of drug-likeness (QED) is 0.664. The number of carbonyl (C=O) groups is 2. The average molecular weight is 424 g/mol. The van der Waals surface area contributed by atoms with Crippen molar-refractivity contribution in [3.8, 4) is 0 Å². The van der Waals surface area contributed by atoms with Gasteiger partial charge < -0.3 is 10.2 Å². The van der Waals surface area contributed by atoms with Crippen LogP contribution in [0.1, 0.15) is 21.5 Å². The zero-order valence-electron chi connectivity index (χ0n) is 15.5. The monoisotopic (exact) mass is 423 g/mol. The number of thioether (sulfide) groups is 1. The lowest BCUT2D eigenvalue weighted by atomic mass is 10.1. The van der Waals surface area contributed by atoms with Gasteiger partial charge in [-0.2, -0.15) is 0 Å². The van der Waals surface area contributed by atoms with E-state index >= 15 is 0 Å². The molecule has 2 aromatic carbocycles. The summed E-state index contributed by atoms with van der Waals surface area (Å²) in [6.45, 7) is 0.881. The molecule has 0 unspecified atom stereocenters. The molecule has 0 spiro atoms. The molecule has 146 valence electrons. The number of nitrogens with one attached hydrogen (secondary N) is 1. The standard InChI is InChI=1S/C22H18ClN3O2S/c23-18-9-5-15(6-10-18)12-25-21(28)17-7-3-16(4-8-17)13-26-19-2-1-11-24-22(19)29-14-20(26)27/h1-11H,12-14H2,(H,25,28). The Hall–Kier alpha value is -2.83. The highest BCUT2D eigenvalue weighted by Gasteiger charge is 2.25. The maximum atomic E-state index is 12.4. The van der Waals surface area contributed by atoms with Gasteiger partial charge in [0.1, 0.15) is 5.03 Å². The second-order valence-electron chi connectivity index (χ2n) is 6.60. The smallest absolute Gasteiger partial charge is 0.251 e. The first-order chi connectivity index (χ1) is 14.1. The van der Waals surface area contributed by atoms with E-state index < -0.39 is 0 Å². The summed E-state index contributed by atoms with van der Waals surface area (Å²) in [5, 5.41) is 4.43. The maximum Gasteiger partial charge on any atom is 0.251 e. The molecule has 0 saturated carbocycles. The Kier molecular flexibility index (Phi) is 5.83. The third-order valence-corrected chi connectivity index (χ3v) is 5.83. The number of nitrogens with zero attached hydrogens (tertiary/aromatic N) is 2. The van der Waals surface area contributed by atoms with Crippen LogP contribution in [0.2, 0.25) is 5.02 Å². The average Bonchev–Trinajstić information content (AvgIpc) is 2.75. The molecule has 0 fully saturated rings. The minimum Gasteiger partial charge on any atom is -0.348 e. The minimum absolute atomic E-state index is 0.0558. The molecular weight excluding hydrogens is 406 g/mol. The summed E-state index contributed by atoms with van der Waals surface area (Å²) in [5.74, 6) is 0.293. The molecular formula is C22H18ClN3O2S. The van der Waals surface area contributed by atoms with Gasteiger partial charge in [-0.15, -0.1) is 0 Å². The highest BCUT2D eigenvalue weighted by atomic mass is 35.5. The Morgan fingerprint density at radius 3 is 2.55 bits per heavy atom. The molecule has 1 aliphatic heterocycles. The van der Waals surface area contributed by atoms with Crippen molar-refractivity contribution in [1.82, 2.24) is 10.3 Å². The van der Waals surface area contributed by atoms with Gasteiger partial charge in [-0.3, -0.25) is 9.59 Å². The number of pyridine rings is 1. The van der Waals surface area contributed by atoms with Crippen LogP contribution in [0.15, 0.2) is 71.9 Å². The molecule has 0 atom stereocenters. The molecule has 2 heterocycles. The molecule has 5 nitrogen and oxygen atoms in total. The lowest BCUT2D eigenvalue weighted by molar-refractivity contribution is -0.116. The van der Waals surface area contributed by atoms with Crippen LogP contribution in [0.5, 0.6) is 0 Å². The van der Waals surface area contributed by atoms with E-state index in [1.54, 1.807) is 35.4 Å². The third kappa shape index (κ3) is 4.60. The van der Waals surface area contributed by atoms with E-state index in [0.717, 1.165) is 21.8 Å². The minimum atomic E-state index is -0.147. The van der Waals surface area contributed by atoms with Gasteiger partial charge in [0.05, 0.1) is 18.0 Å². The summed E-state index contributed by atoms with van der Waals surface area (Å²) in [6, 6.07) is 18.4. The van der Waals surface area contributed by atoms with Crippen molar-refractivity contribution in [2.45, 2.75) is 18.1 Å². The Labute approximate surface area is 178 Å². The molecule has 1 aliphatic rings. The summed E-state index contributed by atoms with van der Waals surface area (Å²) >= 11 is 7.33. The first kappa shape index (κ1) is 19.5. The molecule has 0 bridgehead atoms. The third-order valence-electron chi connectivity index (χ3n) is 4.60. The molecule has 4 rings (SSSR count). The molecule has 0 aliphatic carbocycles. The zero-order valence-corrected chi connectivity index (χ0v) is 17.0. The van der Waals surface area contributed by atoms with Crippen molar-refractivity contribution in [3.05, 3.63) is 88.6 Å². The Bertz CT molecular complexity index is 1040. The topological polar surface area (TPSA) is 62.3 Å². The van der Waals surface area contributed by atoms with Gasteiger partial charge in [0.2, 0.25) is 5.91 Å². The summed E-state index contributed by atoms with van der Waals surface area (Å²) in [7, 11) is 0.